The summed E-state index contributed by atoms with van der Waals surface area (Å²) in [7, 11) is 0. The first-order valence-corrected chi connectivity index (χ1v) is 10.5. The van der Waals surface area contributed by atoms with Crippen molar-refractivity contribution in [1.29, 1.82) is 0 Å². The summed E-state index contributed by atoms with van der Waals surface area (Å²) in [6.07, 6.45) is 3.10. The molecule has 1 N–H and O–H groups in total. The van der Waals surface area contributed by atoms with Crippen LogP contribution in [0.1, 0.15) is 58.2 Å². The molecule has 4 rings (SSSR count). The van der Waals surface area contributed by atoms with Crippen LogP contribution >= 0.6 is 0 Å². The summed E-state index contributed by atoms with van der Waals surface area (Å²) in [6.45, 7) is 13.7. The number of amides is 1. The lowest BCUT2D eigenvalue weighted by molar-refractivity contribution is 0.0242. The smallest absolute Gasteiger partial charge is 0.410 e. The zero-order valence-corrected chi connectivity index (χ0v) is 19.1. The van der Waals surface area contributed by atoms with E-state index in [2.05, 4.69) is 59.4 Å². The molecular formula is C23H30N6O2. The van der Waals surface area contributed by atoms with Crippen molar-refractivity contribution in [2.45, 2.75) is 72.3 Å². The Morgan fingerprint density at radius 2 is 1.84 bits per heavy atom. The molecular weight excluding hydrogens is 392 g/mol. The third-order valence-corrected chi connectivity index (χ3v) is 5.11. The first-order valence-electron chi connectivity index (χ1n) is 10.5. The summed E-state index contributed by atoms with van der Waals surface area (Å²) in [4.78, 5) is 23.0. The number of ether oxygens (including phenoxy) is 1. The van der Waals surface area contributed by atoms with Gasteiger partial charge in [0.1, 0.15) is 17.7 Å². The van der Waals surface area contributed by atoms with Crippen LogP contribution in [0.4, 0.5) is 10.6 Å². The summed E-state index contributed by atoms with van der Waals surface area (Å²) >= 11 is 0. The van der Waals surface area contributed by atoms with Crippen LogP contribution in [0.25, 0.3) is 11.0 Å². The highest BCUT2D eigenvalue weighted by Crippen LogP contribution is 2.27. The number of hydrogen-bond acceptors (Lipinski definition) is 6. The van der Waals surface area contributed by atoms with E-state index in [1.807, 2.05) is 31.6 Å². The quantitative estimate of drug-likeness (QED) is 0.671. The number of nitrogens with zero attached hydrogens (tertiary/aromatic N) is 5. The van der Waals surface area contributed by atoms with Crippen molar-refractivity contribution in [2.75, 3.05) is 5.32 Å². The van der Waals surface area contributed by atoms with Crippen LogP contribution in [0.2, 0.25) is 0 Å². The van der Waals surface area contributed by atoms with Gasteiger partial charge in [-0.2, -0.15) is 5.10 Å². The molecule has 8 nitrogen and oxygen atoms in total. The molecule has 8 heteroatoms. The highest BCUT2D eigenvalue weighted by atomic mass is 16.6. The number of hydrogen-bond donors (Lipinski definition) is 1. The van der Waals surface area contributed by atoms with Crippen LogP contribution in [-0.4, -0.2) is 36.3 Å². The second-order valence-corrected chi connectivity index (χ2v) is 9.98. The minimum Gasteiger partial charge on any atom is -0.444 e. The lowest BCUT2D eigenvalue weighted by Gasteiger charge is -2.24. The van der Waals surface area contributed by atoms with E-state index in [4.69, 9.17) is 4.74 Å². The third kappa shape index (κ3) is 4.47. The molecule has 0 atom stereocenters. The van der Waals surface area contributed by atoms with Crippen LogP contribution in [0.15, 0.2) is 30.7 Å². The Morgan fingerprint density at radius 3 is 2.55 bits per heavy atom. The molecule has 0 radical (unpaired) electrons. The maximum atomic E-state index is 12.4. The molecule has 0 bridgehead atoms. The van der Waals surface area contributed by atoms with E-state index in [0.29, 0.717) is 19.6 Å². The summed E-state index contributed by atoms with van der Waals surface area (Å²) in [5.74, 6) is 0.761. The zero-order chi connectivity index (χ0) is 22.4. The normalized spacial score (nSPS) is 14.1. The van der Waals surface area contributed by atoms with Gasteiger partial charge in [-0.15, -0.1) is 0 Å². The number of benzene rings is 1. The Bertz CT molecular complexity index is 1120. The van der Waals surface area contributed by atoms with E-state index < -0.39 is 5.60 Å². The predicted molar refractivity (Wildman–Crippen MR) is 120 cm³/mol. The zero-order valence-electron chi connectivity index (χ0n) is 19.1. The van der Waals surface area contributed by atoms with Crippen molar-refractivity contribution in [3.05, 3.63) is 47.4 Å². The summed E-state index contributed by atoms with van der Waals surface area (Å²) in [6, 6.07) is 6.31. The Labute approximate surface area is 182 Å². The first-order chi connectivity index (χ1) is 14.5. The monoisotopic (exact) mass is 422 g/mol. The summed E-state index contributed by atoms with van der Waals surface area (Å²) in [5, 5.41) is 8.82. The maximum Gasteiger partial charge on any atom is 0.410 e. The van der Waals surface area contributed by atoms with Crippen molar-refractivity contribution in [3.8, 4) is 0 Å². The highest BCUT2D eigenvalue weighted by molar-refractivity contribution is 5.86. The van der Waals surface area contributed by atoms with E-state index in [1.54, 1.807) is 11.2 Å². The molecule has 0 aliphatic carbocycles. The van der Waals surface area contributed by atoms with Gasteiger partial charge in [0.2, 0.25) is 0 Å². The van der Waals surface area contributed by atoms with E-state index in [0.717, 1.165) is 33.5 Å². The van der Waals surface area contributed by atoms with Gasteiger partial charge in [-0.1, -0.05) is 18.2 Å². The van der Waals surface area contributed by atoms with Crippen LogP contribution in [-0.2, 0) is 29.9 Å². The second kappa shape index (κ2) is 7.51. The van der Waals surface area contributed by atoms with Crippen molar-refractivity contribution < 1.29 is 9.53 Å². The van der Waals surface area contributed by atoms with Gasteiger partial charge < -0.3 is 10.1 Å². The molecule has 0 unspecified atom stereocenters. The first kappa shape index (κ1) is 21.1. The van der Waals surface area contributed by atoms with Crippen LogP contribution < -0.4 is 5.32 Å². The van der Waals surface area contributed by atoms with Gasteiger partial charge in [0.15, 0.2) is 5.65 Å². The average molecular weight is 423 g/mol. The fourth-order valence-corrected chi connectivity index (χ4v) is 3.68. The van der Waals surface area contributed by atoms with Crippen molar-refractivity contribution in [1.82, 2.24) is 24.6 Å². The molecule has 0 spiro atoms. The van der Waals surface area contributed by atoms with Crippen molar-refractivity contribution >= 4 is 22.9 Å². The second-order valence-electron chi connectivity index (χ2n) is 9.98. The van der Waals surface area contributed by atoms with Gasteiger partial charge in [0.25, 0.3) is 0 Å². The van der Waals surface area contributed by atoms with Gasteiger partial charge in [0, 0.05) is 19.6 Å². The number of fused-ring (bicyclic) bond motifs is 2. The van der Waals surface area contributed by atoms with E-state index in [9.17, 15) is 4.79 Å². The predicted octanol–water partition coefficient (Wildman–Crippen LogP) is 4.44. The number of rotatable bonds is 3. The van der Waals surface area contributed by atoms with Crippen LogP contribution in [0.5, 0.6) is 0 Å². The molecule has 3 aromatic rings. The minimum atomic E-state index is -0.495. The number of carbonyl (C=O) groups excluding carboxylic acids is 1. The van der Waals surface area contributed by atoms with Gasteiger partial charge in [-0.05, 0) is 58.2 Å². The highest BCUT2D eigenvalue weighted by Gasteiger charge is 2.27. The van der Waals surface area contributed by atoms with Gasteiger partial charge in [-0.25, -0.2) is 19.4 Å². The maximum absolute atomic E-state index is 12.4. The van der Waals surface area contributed by atoms with Crippen LogP contribution in [0, 0.1) is 0 Å². The molecule has 0 saturated heterocycles. The molecule has 1 aliphatic heterocycles. The SMILES string of the molecule is CC(C)(C)OC(=O)N1Cc2ccc(CNc3ncnc4c3cnn4C(C)(C)C)cc2C1. The van der Waals surface area contributed by atoms with E-state index in [1.165, 1.54) is 0 Å². The van der Waals surface area contributed by atoms with Crippen molar-refractivity contribution in [2.24, 2.45) is 0 Å². The average Bonchev–Trinajstić information content (AvgIpc) is 3.28. The van der Waals surface area contributed by atoms with E-state index in [-0.39, 0.29) is 11.6 Å². The summed E-state index contributed by atoms with van der Waals surface area (Å²) in [5.41, 5.74) is 3.59. The Hall–Kier alpha value is -3.16. The largest absolute Gasteiger partial charge is 0.444 e. The molecule has 1 amide bonds. The number of nitrogens with one attached hydrogen (secondary N) is 1. The molecule has 1 aromatic carbocycles. The Kier molecular flexibility index (Phi) is 5.11. The molecule has 1 aliphatic rings. The van der Waals surface area contributed by atoms with Gasteiger partial charge in [-0.3, -0.25) is 4.90 Å². The third-order valence-electron chi connectivity index (χ3n) is 5.11. The molecule has 164 valence electrons. The topological polar surface area (TPSA) is 85.2 Å². The van der Waals surface area contributed by atoms with Crippen LogP contribution in [0.3, 0.4) is 0 Å². The summed E-state index contributed by atoms with van der Waals surface area (Å²) < 4.78 is 7.42. The lowest BCUT2D eigenvalue weighted by atomic mass is 10.1. The molecule has 0 saturated carbocycles. The number of anilines is 1. The Balaban J connectivity index is 1.47. The van der Waals surface area contributed by atoms with Gasteiger partial charge in [0.05, 0.1) is 17.1 Å². The number of carbonyl (C=O) groups is 1. The van der Waals surface area contributed by atoms with Gasteiger partial charge >= 0.3 is 6.09 Å². The van der Waals surface area contributed by atoms with E-state index >= 15 is 0 Å². The molecule has 0 fully saturated rings. The fraction of sp³-hybridized carbons (Fsp3) is 0.478. The van der Waals surface area contributed by atoms with Crippen molar-refractivity contribution in [3.63, 3.8) is 0 Å². The minimum absolute atomic E-state index is 0.159. The Morgan fingerprint density at radius 1 is 1.10 bits per heavy atom. The number of aromatic nitrogens is 4. The molecule has 3 heterocycles. The lowest BCUT2D eigenvalue weighted by Crippen LogP contribution is -2.33. The molecule has 31 heavy (non-hydrogen) atoms. The molecule has 2 aromatic heterocycles. The standard InChI is InChI=1S/C23H30N6O2/c1-22(2,3)29-20-18(11-27-29)19(25-14-26-20)24-10-15-7-8-16-12-28(13-17(16)9-15)21(30)31-23(4,5)6/h7-9,11,14H,10,12-13H2,1-6H3,(H,24,25,26). The fourth-order valence-electron chi connectivity index (χ4n) is 3.68.